The molecule has 142 valence electrons. The van der Waals surface area contributed by atoms with Crippen molar-refractivity contribution in [3.05, 3.63) is 34.7 Å². The first-order chi connectivity index (χ1) is 11.2. The number of benzene rings is 1. The molecule has 0 fully saturated rings. The SMILES string of the molecule is CCCc1cc2ccc(C)cc2[s+]1C(F)(F)F.O=S(=O)([O-])C(F)(F)F. The second-order valence-electron chi connectivity index (χ2n) is 5.05. The number of rotatable bonds is 2. The van der Waals surface area contributed by atoms with Gasteiger partial charge in [0.2, 0.25) is 0 Å². The minimum atomic E-state index is -6.09. The van der Waals surface area contributed by atoms with Gasteiger partial charge in [-0.25, -0.2) is 8.42 Å². The third-order valence-corrected chi connectivity index (χ3v) is 5.65. The third kappa shape index (κ3) is 5.58. The van der Waals surface area contributed by atoms with Gasteiger partial charge < -0.3 is 4.55 Å². The fourth-order valence-corrected chi connectivity index (χ4v) is 4.15. The second-order valence-corrected chi connectivity index (χ2v) is 8.46. The van der Waals surface area contributed by atoms with Crippen molar-refractivity contribution < 1.29 is 39.3 Å². The van der Waals surface area contributed by atoms with E-state index in [1.807, 2.05) is 19.9 Å². The van der Waals surface area contributed by atoms with Gasteiger partial charge in [-0.3, -0.25) is 0 Å². The molecule has 0 aliphatic heterocycles. The summed E-state index contributed by atoms with van der Waals surface area (Å²) in [6, 6.07) is 7.04. The molecule has 2 rings (SSSR count). The molecule has 0 saturated carbocycles. The summed E-state index contributed by atoms with van der Waals surface area (Å²) in [6.07, 6.45) is 1.27. The van der Waals surface area contributed by atoms with Crippen molar-refractivity contribution in [2.24, 2.45) is 0 Å². The Bertz CT molecular complexity index is 835. The van der Waals surface area contributed by atoms with E-state index in [0.717, 1.165) is 17.4 Å². The van der Waals surface area contributed by atoms with E-state index in [0.29, 0.717) is 16.0 Å². The van der Waals surface area contributed by atoms with Crippen LogP contribution in [-0.2, 0) is 22.0 Å². The fourth-order valence-electron chi connectivity index (χ4n) is 2.01. The second kappa shape index (κ2) is 7.50. The van der Waals surface area contributed by atoms with Gasteiger partial charge in [0.25, 0.3) is 0 Å². The van der Waals surface area contributed by atoms with E-state index in [-0.39, 0.29) is 0 Å². The highest BCUT2D eigenvalue weighted by atomic mass is 32.2. The van der Waals surface area contributed by atoms with Crippen LogP contribution in [0.3, 0.4) is 0 Å². The molecule has 0 aliphatic carbocycles. The molecule has 1 aromatic carbocycles. The molecule has 25 heavy (non-hydrogen) atoms. The molecule has 1 atom stereocenters. The van der Waals surface area contributed by atoms with Gasteiger partial charge in [-0.1, -0.05) is 13.0 Å². The molecule has 0 aliphatic rings. The minimum absolute atomic E-state index is 0.445. The van der Waals surface area contributed by atoms with Crippen LogP contribution in [0.15, 0.2) is 24.3 Å². The van der Waals surface area contributed by atoms with Gasteiger partial charge in [-0.2, -0.15) is 13.2 Å². The Hall–Kier alpha value is -1.33. The predicted octanol–water partition coefficient (Wildman–Crippen LogP) is 5.38. The number of alkyl halides is 6. The number of hydrogen-bond acceptors (Lipinski definition) is 3. The first kappa shape index (κ1) is 21.7. The van der Waals surface area contributed by atoms with Crippen LogP contribution in [0.5, 0.6) is 0 Å². The molecule has 0 radical (unpaired) electrons. The highest BCUT2D eigenvalue weighted by Crippen LogP contribution is 2.51. The summed E-state index contributed by atoms with van der Waals surface area (Å²) >= 11 is 0. The summed E-state index contributed by atoms with van der Waals surface area (Å²) in [5.74, 6) is 0. The summed E-state index contributed by atoms with van der Waals surface area (Å²) in [7, 11) is -7.80. The summed E-state index contributed by atoms with van der Waals surface area (Å²) < 4.78 is 98.7. The number of thiophene rings is 1. The maximum Gasteiger partial charge on any atom is 0.600 e. The van der Waals surface area contributed by atoms with Gasteiger partial charge in [0.15, 0.2) is 19.7 Å². The van der Waals surface area contributed by atoms with Crippen LogP contribution in [0, 0.1) is 6.92 Å². The van der Waals surface area contributed by atoms with Gasteiger partial charge in [0.1, 0.15) is 0 Å². The Morgan fingerprint density at radius 1 is 1.08 bits per heavy atom. The Kier molecular flexibility index (Phi) is 6.52. The van der Waals surface area contributed by atoms with Crippen molar-refractivity contribution >= 4 is 30.7 Å². The van der Waals surface area contributed by atoms with Gasteiger partial charge in [0.05, 0.1) is 10.5 Å². The van der Waals surface area contributed by atoms with Gasteiger partial charge in [-0.15, -0.1) is 13.2 Å². The van der Waals surface area contributed by atoms with Crippen molar-refractivity contribution in [1.82, 2.24) is 0 Å². The van der Waals surface area contributed by atoms with E-state index < -0.39 is 31.6 Å². The maximum atomic E-state index is 13.1. The Balaban J connectivity index is 0.000000333. The van der Waals surface area contributed by atoms with Crippen LogP contribution < -0.4 is 0 Å². The normalized spacial score (nSPS) is 13.6. The number of aryl methyl sites for hydroxylation is 2. The zero-order valence-electron chi connectivity index (χ0n) is 13.0. The summed E-state index contributed by atoms with van der Waals surface area (Å²) in [5, 5.41) is 0.736. The lowest BCUT2D eigenvalue weighted by atomic mass is 10.2. The highest BCUT2D eigenvalue weighted by molar-refractivity contribution is 7.86. The first-order valence-electron chi connectivity index (χ1n) is 6.83. The molecule has 0 N–H and O–H groups in total. The molecule has 2 aromatic rings. The van der Waals surface area contributed by atoms with Crippen molar-refractivity contribution in [3.8, 4) is 0 Å². The molecule has 0 saturated heterocycles. The molecule has 1 aromatic heterocycles. The van der Waals surface area contributed by atoms with Crippen LogP contribution in [0.2, 0.25) is 0 Å². The number of hydrogen-bond donors (Lipinski definition) is 0. The maximum absolute atomic E-state index is 13.1. The number of halogens is 6. The van der Waals surface area contributed by atoms with Gasteiger partial charge in [0, 0.05) is 23.9 Å². The van der Waals surface area contributed by atoms with Crippen LogP contribution >= 0.6 is 10.5 Å². The highest BCUT2D eigenvalue weighted by Gasteiger charge is 2.47. The van der Waals surface area contributed by atoms with Crippen LogP contribution in [0.25, 0.3) is 10.1 Å². The van der Waals surface area contributed by atoms with Crippen molar-refractivity contribution in [1.29, 1.82) is 0 Å². The molecule has 11 heteroatoms. The number of fused-ring (bicyclic) bond motifs is 1. The first-order valence-corrected chi connectivity index (χ1v) is 9.46. The molecular weight excluding hydrogens is 394 g/mol. The lowest BCUT2D eigenvalue weighted by Crippen LogP contribution is -2.21. The van der Waals surface area contributed by atoms with Crippen molar-refractivity contribution in [3.63, 3.8) is 0 Å². The van der Waals surface area contributed by atoms with Gasteiger partial charge in [-0.05, 0) is 25.0 Å². The van der Waals surface area contributed by atoms with E-state index in [4.69, 9.17) is 13.0 Å². The van der Waals surface area contributed by atoms with E-state index >= 15 is 0 Å². The van der Waals surface area contributed by atoms with E-state index in [9.17, 15) is 26.3 Å². The average Bonchev–Trinajstić information content (AvgIpc) is 2.74. The summed E-state index contributed by atoms with van der Waals surface area (Å²) in [6.45, 7) is 3.74. The van der Waals surface area contributed by atoms with E-state index in [1.165, 1.54) is 0 Å². The Morgan fingerprint density at radius 2 is 1.60 bits per heavy atom. The summed E-state index contributed by atoms with van der Waals surface area (Å²) in [5.41, 5.74) is -8.91. The van der Waals surface area contributed by atoms with E-state index in [1.54, 1.807) is 18.2 Å². The molecule has 1 unspecified atom stereocenters. The molecule has 0 spiro atoms. The zero-order chi connectivity index (χ0) is 19.6. The average molecular weight is 408 g/mol. The quantitative estimate of drug-likeness (QED) is 0.290. The van der Waals surface area contributed by atoms with E-state index in [2.05, 4.69) is 0 Å². The van der Waals surface area contributed by atoms with Crippen molar-refractivity contribution in [2.45, 2.75) is 37.7 Å². The van der Waals surface area contributed by atoms with Gasteiger partial charge >= 0.3 is 11.0 Å². The standard InChI is InChI=1S/C13H14F3S.CHF3O3S/c1-3-4-11-8-10-6-5-9(2)7-12(10)17(11)13(14,15)16;2-1(3,4)8(5,6)7/h5-8H,3-4H2,1-2H3;(H,5,6,7)/q+1;/p-1. The third-order valence-electron chi connectivity index (χ3n) is 2.98. The molecule has 0 amide bonds. The smallest absolute Gasteiger partial charge is 0.600 e. The lowest BCUT2D eigenvalue weighted by Gasteiger charge is -2.08. The monoisotopic (exact) mass is 408 g/mol. The predicted molar refractivity (Wildman–Crippen MR) is 82.2 cm³/mol. The van der Waals surface area contributed by atoms with Crippen LogP contribution in [-0.4, -0.2) is 18.5 Å². The largest absolute Gasteiger partial charge is 0.741 e. The van der Waals surface area contributed by atoms with Crippen LogP contribution in [0.4, 0.5) is 26.3 Å². The zero-order valence-corrected chi connectivity index (χ0v) is 14.7. The minimum Gasteiger partial charge on any atom is -0.741 e. The fraction of sp³-hybridized carbons (Fsp3) is 0.429. The van der Waals surface area contributed by atoms with Crippen molar-refractivity contribution in [2.75, 3.05) is 0 Å². The topological polar surface area (TPSA) is 57.2 Å². The Labute approximate surface area is 143 Å². The molecule has 3 nitrogen and oxygen atoms in total. The molecule has 1 heterocycles. The summed E-state index contributed by atoms with van der Waals surface area (Å²) in [4.78, 5) is 0.528. The lowest BCUT2D eigenvalue weighted by molar-refractivity contribution is -0.0867. The molecular formula is C14H14F6O3S2. The van der Waals surface area contributed by atoms with Crippen LogP contribution in [0.1, 0.15) is 23.8 Å². The Morgan fingerprint density at radius 3 is 2.00 bits per heavy atom. The molecule has 0 bridgehead atoms.